The van der Waals surface area contributed by atoms with Gasteiger partial charge in [-0.05, 0) is 50.5 Å². The minimum Gasteiger partial charge on any atom is -0.371 e. The molecule has 4 nitrogen and oxygen atoms in total. The Kier molecular flexibility index (Phi) is 3.96. The summed E-state index contributed by atoms with van der Waals surface area (Å²) in [5.74, 6) is -0.190. The summed E-state index contributed by atoms with van der Waals surface area (Å²) in [6.07, 6.45) is 1.61. The van der Waals surface area contributed by atoms with E-state index >= 15 is 0 Å². The van der Waals surface area contributed by atoms with Crippen molar-refractivity contribution in [3.63, 3.8) is 0 Å². The Balaban J connectivity index is 2.02. The maximum atomic E-state index is 11.3. The van der Waals surface area contributed by atoms with Gasteiger partial charge in [-0.3, -0.25) is 9.78 Å². The Morgan fingerprint density at radius 1 is 1.27 bits per heavy atom. The summed E-state index contributed by atoms with van der Waals surface area (Å²) >= 11 is 6.23. The van der Waals surface area contributed by atoms with Gasteiger partial charge in [0, 0.05) is 40.8 Å². The van der Waals surface area contributed by atoms with Crippen LogP contribution < -0.4 is 10.6 Å². The minimum absolute atomic E-state index is 0.00391. The first-order valence-corrected chi connectivity index (χ1v) is 7.95. The lowest BCUT2D eigenvalue weighted by molar-refractivity contribution is -0.122. The first kappa shape index (κ1) is 15.1. The van der Waals surface area contributed by atoms with Crippen LogP contribution in [0.4, 0.5) is 5.69 Å². The number of aryl methyl sites for hydroxylation is 2. The van der Waals surface area contributed by atoms with Gasteiger partial charge in [-0.15, -0.1) is 0 Å². The fourth-order valence-electron chi connectivity index (χ4n) is 3.23. The van der Waals surface area contributed by atoms with Crippen molar-refractivity contribution in [3.8, 4) is 0 Å². The van der Waals surface area contributed by atoms with Crippen LogP contribution in [0.5, 0.6) is 0 Å². The highest BCUT2D eigenvalue weighted by molar-refractivity contribution is 6.31. The predicted molar refractivity (Wildman–Crippen MR) is 90.4 cm³/mol. The molecular weight excluding hydrogens is 298 g/mol. The van der Waals surface area contributed by atoms with Gasteiger partial charge in [0.15, 0.2) is 0 Å². The van der Waals surface area contributed by atoms with Gasteiger partial charge in [0.25, 0.3) is 0 Å². The number of amides is 1. The Morgan fingerprint density at radius 3 is 2.59 bits per heavy atom. The summed E-state index contributed by atoms with van der Waals surface area (Å²) < 4.78 is 0. The van der Waals surface area contributed by atoms with Crippen LogP contribution in [0.1, 0.15) is 24.1 Å². The third-order valence-corrected chi connectivity index (χ3v) is 4.63. The third kappa shape index (κ3) is 2.75. The Hall–Kier alpha value is -1.81. The third-order valence-electron chi connectivity index (χ3n) is 4.41. The van der Waals surface area contributed by atoms with E-state index in [4.69, 9.17) is 17.3 Å². The molecule has 1 fully saturated rings. The standard InChI is InChI=1S/C17H20ClN3O/c1-10-7-13(18)9-14-15(8-11(2)20-16(10)14)21-5-3-12(4-6-21)17(19)22/h7-9,12H,3-6H2,1-2H3,(H2,19,22). The lowest BCUT2D eigenvalue weighted by Gasteiger charge is -2.33. The number of nitrogens with zero attached hydrogens (tertiary/aromatic N) is 2. The minimum atomic E-state index is -0.186. The van der Waals surface area contributed by atoms with Crippen molar-refractivity contribution in [3.05, 3.63) is 34.5 Å². The number of pyridine rings is 1. The number of anilines is 1. The number of piperidine rings is 1. The van der Waals surface area contributed by atoms with E-state index in [-0.39, 0.29) is 11.8 Å². The molecule has 0 unspecified atom stereocenters. The van der Waals surface area contributed by atoms with Crippen molar-refractivity contribution >= 4 is 34.1 Å². The highest BCUT2D eigenvalue weighted by atomic mass is 35.5. The smallest absolute Gasteiger partial charge is 0.220 e. The molecule has 1 aliphatic rings. The molecule has 0 saturated carbocycles. The Morgan fingerprint density at radius 2 is 1.95 bits per heavy atom. The predicted octanol–water partition coefficient (Wildman–Crippen LogP) is 3.21. The second-order valence-corrected chi connectivity index (χ2v) is 6.50. The molecule has 1 aromatic carbocycles. The van der Waals surface area contributed by atoms with Gasteiger partial charge >= 0.3 is 0 Å². The molecule has 2 aromatic rings. The molecule has 0 atom stereocenters. The molecule has 1 aliphatic heterocycles. The molecule has 5 heteroatoms. The molecule has 0 aliphatic carbocycles. The van der Waals surface area contributed by atoms with Crippen molar-refractivity contribution in [2.24, 2.45) is 11.7 Å². The maximum Gasteiger partial charge on any atom is 0.220 e. The maximum absolute atomic E-state index is 11.3. The molecule has 3 rings (SSSR count). The summed E-state index contributed by atoms with van der Waals surface area (Å²) in [5, 5.41) is 1.80. The molecular formula is C17H20ClN3O. The lowest BCUT2D eigenvalue weighted by atomic mass is 9.95. The molecule has 0 radical (unpaired) electrons. The molecule has 0 bridgehead atoms. The topological polar surface area (TPSA) is 59.2 Å². The first-order valence-electron chi connectivity index (χ1n) is 7.57. The largest absolute Gasteiger partial charge is 0.371 e. The molecule has 2 N–H and O–H groups in total. The summed E-state index contributed by atoms with van der Waals surface area (Å²) in [4.78, 5) is 18.3. The second kappa shape index (κ2) is 5.76. The van der Waals surface area contributed by atoms with E-state index in [1.165, 1.54) is 0 Å². The summed E-state index contributed by atoms with van der Waals surface area (Å²) in [5.41, 5.74) is 9.64. The van der Waals surface area contributed by atoms with E-state index in [0.29, 0.717) is 0 Å². The van der Waals surface area contributed by atoms with Crippen LogP contribution in [-0.2, 0) is 4.79 Å². The van der Waals surface area contributed by atoms with Crippen molar-refractivity contribution in [2.75, 3.05) is 18.0 Å². The molecule has 0 spiro atoms. The average molecular weight is 318 g/mol. The van der Waals surface area contributed by atoms with Gasteiger partial charge < -0.3 is 10.6 Å². The zero-order valence-corrected chi connectivity index (χ0v) is 13.7. The van der Waals surface area contributed by atoms with Gasteiger partial charge in [0.05, 0.1) is 5.52 Å². The van der Waals surface area contributed by atoms with Gasteiger partial charge in [0.1, 0.15) is 0 Å². The van der Waals surface area contributed by atoms with Crippen molar-refractivity contribution in [2.45, 2.75) is 26.7 Å². The number of rotatable bonds is 2. The van der Waals surface area contributed by atoms with E-state index in [2.05, 4.69) is 16.0 Å². The van der Waals surface area contributed by atoms with Gasteiger partial charge in [-0.2, -0.15) is 0 Å². The SMILES string of the molecule is Cc1cc(N2CCC(C(N)=O)CC2)c2cc(Cl)cc(C)c2n1. The van der Waals surface area contributed by atoms with Crippen LogP contribution in [0.25, 0.3) is 10.9 Å². The molecule has 1 saturated heterocycles. The lowest BCUT2D eigenvalue weighted by Crippen LogP contribution is -2.38. The number of hydrogen-bond donors (Lipinski definition) is 1. The van der Waals surface area contributed by atoms with Crippen LogP contribution in [0.2, 0.25) is 5.02 Å². The summed E-state index contributed by atoms with van der Waals surface area (Å²) in [6, 6.07) is 6.02. The summed E-state index contributed by atoms with van der Waals surface area (Å²) in [7, 11) is 0. The van der Waals surface area contributed by atoms with E-state index in [0.717, 1.165) is 58.8 Å². The Labute approximate surface area is 135 Å². The van der Waals surface area contributed by atoms with Gasteiger partial charge in [-0.25, -0.2) is 0 Å². The van der Waals surface area contributed by atoms with E-state index < -0.39 is 0 Å². The average Bonchev–Trinajstić information content (AvgIpc) is 2.47. The quantitative estimate of drug-likeness (QED) is 0.925. The monoisotopic (exact) mass is 317 g/mol. The second-order valence-electron chi connectivity index (χ2n) is 6.07. The molecule has 1 amide bonds. The van der Waals surface area contributed by atoms with Crippen LogP contribution >= 0.6 is 11.6 Å². The van der Waals surface area contributed by atoms with E-state index in [9.17, 15) is 4.79 Å². The van der Waals surface area contributed by atoms with E-state index in [1.54, 1.807) is 0 Å². The highest BCUT2D eigenvalue weighted by Crippen LogP contribution is 2.33. The van der Waals surface area contributed by atoms with Gasteiger partial charge in [-0.1, -0.05) is 11.6 Å². The van der Waals surface area contributed by atoms with Crippen molar-refractivity contribution in [1.82, 2.24) is 4.98 Å². The van der Waals surface area contributed by atoms with Gasteiger partial charge in [0.2, 0.25) is 5.91 Å². The molecule has 116 valence electrons. The summed E-state index contributed by atoms with van der Waals surface area (Å²) in [6.45, 7) is 5.70. The number of carbonyl (C=O) groups excluding carboxylic acids is 1. The number of hydrogen-bond acceptors (Lipinski definition) is 3. The molecule has 2 heterocycles. The van der Waals surface area contributed by atoms with Crippen LogP contribution in [0.15, 0.2) is 18.2 Å². The zero-order chi connectivity index (χ0) is 15.9. The van der Waals surface area contributed by atoms with Crippen molar-refractivity contribution < 1.29 is 4.79 Å². The fraction of sp³-hybridized carbons (Fsp3) is 0.412. The van der Waals surface area contributed by atoms with Crippen molar-refractivity contribution in [1.29, 1.82) is 0 Å². The number of aromatic nitrogens is 1. The number of fused-ring (bicyclic) bond motifs is 1. The van der Waals surface area contributed by atoms with Crippen LogP contribution in [0, 0.1) is 19.8 Å². The first-order chi connectivity index (χ1) is 10.5. The molecule has 22 heavy (non-hydrogen) atoms. The highest BCUT2D eigenvalue weighted by Gasteiger charge is 2.24. The van der Waals surface area contributed by atoms with Crippen LogP contribution in [0.3, 0.4) is 0 Å². The zero-order valence-electron chi connectivity index (χ0n) is 12.9. The van der Waals surface area contributed by atoms with E-state index in [1.807, 2.05) is 26.0 Å². The number of halogens is 1. The number of carbonyl (C=O) groups is 1. The number of benzene rings is 1. The Bertz CT molecular complexity index is 736. The number of nitrogens with two attached hydrogens (primary N) is 1. The van der Waals surface area contributed by atoms with Crippen LogP contribution in [-0.4, -0.2) is 24.0 Å². The number of primary amides is 1. The fourth-order valence-corrected chi connectivity index (χ4v) is 3.50. The molecule has 1 aromatic heterocycles. The normalized spacial score (nSPS) is 16.2.